The molecule has 2 aromatic rings. The third-order valence-corrected chi connectivity index (χ3v) is 4.83. The summed E-state index contributed by atoms with van der Waals surface area (Å²) in [5.74, 6) is -1.82. The van der Waals surface area contributed by atoms with E-state index < -0.39 is 23.5 Å². The summed E-state index contributed by atoms with van der Waals surface area (Å²) in [4.78, 5) is 26.7. The number of methoxy groups -OCH3 is 1. The third-order valence-electron chi connectivity index (χ3n) is 4.09. The second-order valence-electron chi connectivity index (χ2n) is 5.64. The molecule has 8 heteroatoms. The average Bonchev–Trinajstić information content (AvgIpc) is 3.24. The molecule has 1 aliphatic heterocycles. The molecule has 0 fully saturated rings. The Kier molecular flexibility index (Phi) is 5.36. The van der Waals surface area contributed by atoms with Crippen LogP contribution in [0.25, 0.3) is 0 Å². The number of hydrogen-bond donors (Lipinski definition) is 1. The highest BCUT2D eigenvalue weighted by Crippen LogP contribution is 2.40. The Morgan fingerprint density at radius 2 is 2.08 bits per heavy atom. The van der Waals surface area contributed by atoms with Gasteiger partial charge in [-0.05, 0) is 29.8 Å². The summed E-state index contributed by atoms with van der Waals surface area (Å²) >= 11 is 12.1. The molecule has 0 bridgehead atoms. The first-order valence-electron chi connectivity index (χ1n) is 7.72. The number of hydrogen-bond acceptors (Lipinski definition) is 5. The molecule has 136 valence electrons. The van der Waals surface area contributed by atoms with E-state index in [4.69, 9.17) is 32.4 Å². The molecule has 6 nitrogen and oxygen atoms in total. The number of amides is 1. The van der Waals surface area contributed by atoms with Crippen molar-refractivity contribution in [2.75, 3.05) is 20.3 Å². The van der Waals surface area contributed by atoms with Crippen LogP contribution in [0, 0.1) is 0 Å². The third kappa shape index (κ3) is 3.23. The monoisotopic (exact) mass is 395 g/mol. The van der Waals surface area contributed by atoms with E-state index in [0.29, 0.717) is 10.6 Å². The predicted molar refractivity (Wildman–Crippen MR) is 95.5 cm³/mol. The SMILES string of the molecule is COCCN1C(=O)C(O)=C(C(=O)c2ccco2)C1c1ccc(Cl)c(Cl)c1. The maximum Gasteiger partial charge on any atom is 0.290 e. The molecular weight excluding hydrogens is 381 g/mol. The molecule has 1 atom stereocenters. The lowest BCUT2D eigenvalue weighted by molar-refractivity contribution is -0.130. The molecule has 0 aliphatic carbocycles. The van der Waals surface area contributed by atoms with Crippen molar-refractivity contribution in [2.45, 2.75) is 6.04 Å². The predicted octanol–water partition coefficient (Wildman–Crippen LogP) is 3.81. The summed E-state index contributed by atoms with van der Waals surface area (Å²) in [5, 5.41) is 11.0. The smallest absolute Gasteiger partial charge is 0.290 e. The van der Waals surface area contributed by atoms with Crippen LogP contribution in [-0.2, 0) is 9.53 Å². The fourth-order valence-electron chi connectivity index (χ4n) is 2.88. The van der Waals surface area contributed by atoms with Crippen molar-refractivity contribution in [2.24, 2.45) is 0 Å². The summed E-state index contributed by atoms with van der Waals surface area (Å²) in [5.41, 5.74) is 0.474. The lowest BCUT2D eigenvalue weighted by atomic mass is 9.95. The number of ketones is 1. The summed E-state index contributed by atoms with van der Waals surface area (Å²) in [6.45, 7) is 0.415. The van der Waals surface area contributed by atoms with Crippen molar-refractivity contribution in [3.63, 3.8) is 0 Å². The van der Waals surface area contributed by atoms with Gasteiger partial charge in [-0.25, -0.2) is 0 Å². The summed E-state index contributed by atoms with van der Waals surface area (Å²) < 4.78 is 10.2. The van der Waals surface area contributed by atoms with Crippen LogP contribution in [0.1, 0.15) is 22.2 Å². The zero-order chi connectivity index (χ0) is 18.8. The van der Waals surface area contributed by atoms with Crippen LogP contribution < -0.4 is 0 Å². The fourth-order valence-corrected chi connectivity index (χ4v) is 3.18. The molecule has 0 saturated heterocycles. The Labute approximate surface area is 159 Å². The van der Waals surface area contributed by atoms with Crippen LogP contribution in [0.3, 0.4) is 0 Å². The van der Waals surface area contributed by atoms with E-state index in [9.17, 15) is 14.7 Å². The molecule has 1 aromatic carbocycles. The quantitative estimate of drug-likeness (QED) is 0.752. The number of furan rings is 1. The highest BCUT2D eigenvalue weighted by Gasteiger charge is 2.44. The standard InChI is InChI=1S/C18H15Cl2NO5/c1-25-8-6-21-15(10-4-5-11(19)12(20)9-10)14(17(23)18(21)24)16(22)13-3-2-7-26-13/h2-5,7,9,15,23H,6,8H2,1H3. The van der Waals surface area contributed by atoms with E-state index >= 15 is 0 Å². The molecule has 1 aromatic heterocycles. The summed E-state index contributed by atoms with van der Waals surface area (Å²) in [6, 6.07) is 6.98. The van der Waals surface area contributed by atoms with Crippen molar-refractivity contribution in [1.29, 1.82) is 0 Å². The first-order valence-corrected chi connectivity index (χ1v) is 8.47. The van der Waals surface area contributed by atoms with E-state index in [1.165, 1.54) is 24.3 Å². The minimum atomic E-state index is -0.829. The normalized spacial score (nSPS) is 17.3. The lowest BCUT2D eigenvalue weighted by Gasteiger charge is -2.26. The van der Waals surface area contributed by atoms with Crippen molar-refractivity contribution in [3.8, 4) is 0 Å². The van der Waals surface area contributed by atoms with Crippen molar-refractivity contribution < 1.29 is 23.8 Å². The number of aliphatic hydroxyl groups is 1. The van der Waals surface area contributed by atoms with Gasteiger partial charge in [-0.15, -0.1) is 0 Å². The van der Waals surface area contributed by atoms with Crippen molar-refractivity contribution in [1.82, 2.24) is 4.90 Å². The van der Waals surface area contributed by atoms with Gasteiger partial charge in [0, 0.05) is 13.7 Å². The molecule has 1 N–H and O–H groups in total. The Morgan fingerprint density at radius 3 is 2.69 bits per heavy atom. The number of nitrogens with zero attached hydrogens (tertiary/aromatic N) is 1. The van der Waals surface area contributed by atoms with Gasteiger partial charge in [0.1, 0.15) is 0 Å². The number of ether oxygens (including phenoxy) is 1. The van der Waals surface area contributed by atoms with Crippen LogP contribution >= 0.6 is 23.2 Å². The van der Waals surface area contributed by atoms with Gasteiger partial charge in [-0.2, -0.15) is 0 Å². The zero-order valence-electron chi connectivity index (χ0n) is 13.7. The average molecular weight is 396 g/mol. The van der Waals surface area contributed by atoms with E-state index in [0.717, 1.165) is 0 Å². The first kappa shape index (κ1) is 18.5. The maximum atomic E-state index is 12.8. The Bertz CT molecular complexity index is 876. The molecular formula is C18H15Cl2NO5. The van der Waals surface area contributed by atoms with Gasteiger partial charge in [0.2, 0.25) is 5.78 Å². The van der Waals surface area contributed by atoms with Crippen molar-refractivity contribution >= 4 is 34.9 Å². The van der Waals surface area contributed by atoms with Gasteiger partial charge in [0.25, 0.3) is 5.91 Å². The second kappa shape index (κ2) is 7.53. The first-order chi connectivity index (χ1) is 12.5. The number of rotatable bonds is 6. The molecule has 1 amide bonds. The van der Waals surface area contributed by atoms with Crippen LogP contribution in [0.5, 0.6) is 0 Å². The van der Waals surface area contributed by atoms with Gasteiger partial charge < -0.3 is 19.2 Å². The number of halogens is 2. The summed E-state index contributed by atoms with van der Waals surface area (Å²) in [7, 11) is 1.50. The van der Waals surface area contributed by atoms with Gasteiger partial charge in [0.15, 0.2) is 11.5 Å². The van der Waals surface area contributed by atoms with E-state index in [1.807, 2.05) is 0 Å². The molecule has 0 radical (unpaired) electrons. The number of carbonyl (C=O) groups excluding carboxylic acids is 2. The number of carbonyl (C=O) groups is 2. The Balaban J connectivity index is 2.10. The second-order valence-corrected chi connectivity index (χ2v) is 6.45. The Hall–Kier alpha value is -2.28. The molecule has 1 aliphatic rings. The van der Waals surface area contributed by atoms with Crippen LogP contribution in [0.15, 0.2) is 52.3 Å². The number of benzene rings is 1. The molecule has 0 spiro atoms. The van der Waals surface area contributed by atoms with E-state index in [2.05, 4.69) is 0 Å². The minimum Gasteiger partial charge on any atom is -0.503 e. The highest BCUT2D eigenvalue weighted by molar-refractivity contribution is 6.42. The van der Waals surface area contributed by atoms with Gasteiger partial charge in [-0.3, -0.25) is 9.59 Å². The topological polar surface area (TPSA) is 80.0 Å². The largest absolute Gasteiger partial charge is 0.503 e. The molecule has 3 rings (SSSR count). The summed E-state index contributed by atoms with van der Waals surface area (Å²) in [6.07, 6.45) is 1.35. The molecule has 2 heterocycles. The molecule has 26 heavy (non-hydrogen) atoms. The number of Topliss-reactive ketones (excluding diaryl/α,β-unsaturated/α-hetero) is 1. The van der Waals surface area contributed by atoms with Gasteiger partial charge >= 0.3 is 0 Å². The highest BCUT2D eigenvalue weighted by atomic mass is 35.5. The van der Waals surface area contributed by atoms with Crippen molar-refractivity contribution in [3.05, 3.63) is 69.3 Å². The van der Waals surface area contributed by atoms with Crippen LogP contribution in [-0.4, -0.2) is 42.0 Å². The van der Waals surface area contributed by atoms with Gasteiger partial charge in [-0.1, -0.05) is 29.3 Å². The van der Waals surface area contributed by atoms with E-state index in [1.54, 1.807) is 24.3 Å². The minimum absolute atomic E-state index is 0.0259. The van der Waals surface area contributed by atoms with Gasteiger partial charge in [0.05, 0.1) is 34.5 Å². The molecule has 1 unspecified atom stereocenters. The van der Waals surface area contributed by atoms with E-state index in [-0.39, 0.29) is 29.5 Å². The van der Waals surface area contributed by atoms with Crippen LogP contribution in [0.4, 0.5) is 0 Å². The number of aliphatic hydroxyl groups excluding tert-OH is 1. The lowest BCUT2D eigenvalue weighted by Crippen LogP contribution is -2.34. The van der Waals surface area contributed by atoms with Crippen LogP contribution in [0.2, 0.25) is 10.0 Å². The zero-order valence-corrected chi connectivity index (χ0v) is 15.3. The molecule has 0 saturated carbocycles. The Morgan fingerprint density at radius 1 is 1.31 bits per heavy atom. The maximum absolute atomic E-state index is 12.8. The fraction of sp³-hybridized carbons (Fsp3) is 0.222.